The number of hydrogen-bond acceptors (Lipinski definition) is 5. The van der Waals surface area contributed by atoms with Gasteiger partial charge in [-0.15, -0.1) is 0 Å². The molecular formula is C24H23NO4. The molecule has 5 heteroatoms. The van der Waals surface area contributed by atoms with Gasteiger partial charge < -0.3 is 14.8 Å². The number of nitrogens with one attached hydrogen (secondary N) is 1. The maximum Gasteiger partial charge on any atom is 0.336 e. The molecule has 0 bridgehead atoms. The van der Waals surface area contributed by atoms with E-state index in [4.69, 9.17) is 9.47 Å². The number of aryl methyl sites for hydroxylation is 1. The molecule has 2 aliphatic rings. The highest BCUT2D eigenvalue weighted by Crippen LogP contribution is 2.47. The minimum atomic E-state index is -0.505. The fraction of sp³-hybridized carbons (Fsp3) is 0.250. The van der Waals surface area contributed by atoms with Crippen LogP contribution in [0.2, 0.25) is 0 Å². The lowest BCUT2D eigenvalue weighted by Crippen LogP contribution is -2.29. The summed E-state index contributed by atoms with van der Waals surface area (Å²) in [5.74, 6) is -0.215. The summed E-state index contributed by atoms with van der Waals surface area (Å²) in [5.41, 5.74) is 5.85. The van der Waals surface area contributed by atoms with Gasteiger partial charge >= 0.3 is 5.97 Å². The molecule has 2 aromatic carbocycles. The van der Waals surface area contributed by atoms with Gasteiger partial charge in [0.05, 0.1) is 25.0 Å². The van der Waals surface area contributed by atoms with Crippen molar-refractivity contribution in [1.29, 1.82) is 0 Å². The van der Waals surface area contributed by atoms with Gasteiger partial charge in [0.1, 0.15) is 5.75 Å². The number of benzene rings is 2. The average molecular weight is 389 g/mol. The van der Waals surface area contributed by atoms with E-state index in [1.807, 2.05) is 56.3 Å². The van der Waals surface area contributed by atoms with Crippen molar-refractivity contribution < 1.29 is 19.1 Å². The number of esters is 1. The Kier molecular flexibility index (Phi) is 4.74. The van der Waals surface area contributed by atoms with E-state index in [1.165, 1.54) is 0 Å². The lowest BCUT2D eigenvalue weighted by atomic mass is 9.79. The molecule has 0 unspecified atom stereocenters. The van der Waals surface area contributed by atoms with Gasteiger partial charge in [-0.2, -0.15) is 0 Å². The van der Waals surface area contributed by atoms with Crippen molar-refractivity contribution in [2.75, 3.05) is 13.7 Å². The number of hydrogen-bond donors (Lipinski definition) is 1. The van der Waals surface area contributed by atoms with Crippen molar-refractivity contribution in [1.82, 2.24) is 5.32 Å². The van der Waals surface area contributed by atoms with E-state index in [0.29, 0.717) is 22.4 Å². The van der Waals surface area contributed by atoms with Crippen LogP contribution in [0, 0.1) is 6.92 Å². The van der Waals surface area contributed by atoms with Gasteiger partial charge in [0.15, 0.2) is 5.78 Å². The Balaban J connectivity index is 1.93. The Bertz CT molecular complexity index is 1090. The van der Waals surface area contributed by atoms with Gasteiger partial charge in [0.25, 0.3) is 0 Å². The number of carbonyl (C=O) groups is 2. The van der Waals surface area contributed by atoms with Crippen molar-refractivity contribution in [3.8, 4) is 5.75 Å². The van der Waals surface area contributed by atoms with Gasteiger partial charge in [-0.05, 0) is 38.0 Å². The summed E-state index contributed by atoms with van der Waals surface area (Å²) in [5, 5.41) is 3.30. The van der Waals surface area contributed by atoms with E-state index >= 15 is 0 Å². The number of rotatable bonds is 4. The summed E-state index contributed by atoms with van der Waals surface area (Å²) in [4.78, 5) is 26.2. The first-order chi connectivity index (χ1) is 14.0. The predicted octanol–water partition coefficient (Wildman–Crippen LogP) is 4.14. The number of ketones is 1. The molecule has 1 heterocycles. The van der Waals surface area contributed by atoms with E-state index in [-0.39, 0.29) is 12.4 Å². The second kappa shape index (κ2) is 7.24. The predicted molar refractivity (Wildman–Crippen MR) is 111 cm³/mol. The lowest BCUT2D eigenvalue weighted by Gasteiger charge is -2.29. The summed E-state index contributed by atoms with van der Waals surface area (Å²) in [7, 11) is 1.62. The fourth-order valence-corrected chi connectivity index (χ4v) is 4.22. The van der Waals surface area contributed by atoms with Crippen LogP contribution in [0.4, 0.5) is 0 Å². The van der Waals surface area contributed by atoms with Crippen LogP contribution in [0.3, 0.4) is 0 Å². The molecule has 2 aromatic rings. The van der Waals surface area contributed by atoms with Crippen molar-refractivity contribution in [2.24, 2.45) is 0 Å². The monoisotopic (exact) mass is 389 g/mol. The largest absolute Gasteiger partial charge is 0.496 e. The van der Waals surface area contributed by atoms with Crippen LogP contribution in [0.25, 0.3) is 5.70 Å². The number of ether oxygens (including phenoxy) is 2. The zero-order valence-electron chi connectivity index (χ0n) is 17.0. The Labute approximate surface area is 170 Å². The highest BCUT2D eigenvalue weighted by molar-refractivity contribution is 6.23. The van der Waals surface area contributed by atoms with Crippen LogP contribution in [0.15, 0.2) is 59.3 Å². The second-order valence-corrected chi connectivity index (χ2v) is 7.21. The normalized spacial score (nSPS) is 17.7. The Morgan fingerprint density at radius 1 is 1.10 bits per heavy atom. The van der Waals surface area contributed by atoms with Gasteiger partial charge in [-0.25, -0.2) is 4.79 Å². The molecular weight excluding hydrogens is 366 g/mol. The molecule has 0 amide bonds. The molecule has 4 rings (SSSR count). The van der Waals surface area contributed by atoms with E-state index in [2.05, 4.69) is 5.32 Å². The molecule has 29 heavy (non-hydrogen) atoms. The topological polar surface area (TPSA) is 64.6 Å². The van der Waals surface area contributed by atoms with Crippen LogP contribution in [-0.2, 0) is 9.53 Å². The van der Waals surface area contributed by atoms with E-state index in [9.17, 15) is 9.59 Å². The quantitative estimate of drug-likeness (QED) is 0.797. The third kappa shape index (κ3) is 2.94. The minimum Gasteiger partial charge on any atom is -0.496 e. The zero-order valence-corrected chi connectivity index (χ0v) is 17.0. The summed E-state index contributed by atoms with van der Waals surface area (Å²) < 4.78 is 10.7. The number of methoxy groups -OCH3 is 1. The first kappa shape index (κ1) is 19.0. The maximum atomic E-state index is 13.4. The SMILES string of the molecule is CCOC(=O)C1=C(C)NC2=C(C(=O)c3ccccc32)[C@H]1c1ccc(OC)c(C)c1. The van der Waals surface area contributed by atoms with Gasteiger partial charge in [0.2, 0.25) is 0 Å². The van der Waals surface area contributed by atoms with Crippen molar-refractivity contribution in [2.45, 2.75) is 26.7 Å². The number of Topliss-reactive ketones (excluding diaryl/α,β-unsaturated/α-hetero) is 1. The number of dihydropyridines is 1. The van der Waals surface area contributed by atoms with E-state index < -0.39 is 11.9 Å². The third-order valence-corrected chi connectivity index (χ3v) is 5.50. The van der Waals surface area contributed by atoms with Gasteiger partial charge in [-0.3, -0.25) is 4.79 Å². The Morgan fingerprint density at radius 2 is 1.83 bits per heavy atom. The average Bonchev–Trinajstić information content (AvgIpc) is 2.99. The molecule has 1 aliphatic heterocycles. The number of allylic oxidation sites excluding steroid dienone is 2. The van der Waals surface area contributed by atoms with Crippen molar-refractivity contribution in [3.05, 3.63) is 81.6 Å². The first-order valence-electron chi connectivity index (χ1n) is 9.65. The van der Waals surface area contributed by atoms with Crippen molar-refractivity contribution >= 4 is 17.4 Å². The Morgan fingerprint density at radius 3 is 2.48 bits per heavy atom. The van der Waals surface area contributed by atoms with Gasteiger partial charge in [-0.1, -0.05) is 36.4 Å². The second-order valence-electron chi connectivity index (χ2n) is 7.21. The Hall–Kier alpha value is -3.34. The maximum absolute atomic E-state index is 13.4. The molecule has 1 atom stereocenters. The van der Waals surface area contributed by atoms with E-state index in [1.54, 1.807) is 14.0 Å². The van der Waals surface area contributed by atoms with Crippen LogP contribution >= 0.6 is 0 Å². The summed E-state index contributed by atoms with van der Waals surface area (Å²) in [6.07, 6.45) is 0. The third-order valence-electron chi connectivity index (χ3n) is 5.50. The highest BCUT2D eigenvalue weighted by Gasteiger charge is 2.42. The van der Waals surface area contributed by atoms with Crippen LogP contribution < -0.4 is 10.1 Å². The molecule has 0 fully saturated rings. The molecule has 0 aromatic heterocycles. The molecule has 1 N–H and O–H groups in total. The first-order valence-corrected chi connectivity index (χ1v) is 9.65. The number of fused-ring (bicyclic) bond motifs is 2. The summed E-state index contributed by atoms with van der Waals surface area (Å²) in [6, 6.07) is 13.3. The van der Waals surface area contributed by atoms with Crippen LogP contribution in [-0.4, -0.2) is 25.5 Å². The molecule has 148 valence electrons. The summed E-state index contributed by atoms with van der Waals surface area (Å²) >= 11 is 0. The fourth-order valence-electron chi connectivity index (χ4n) is 4.22. The van der Waals surface area contributed by atoms with Crippen LogP contribution in [0.1, 0.15) is 46.8 Å². The lowest BCUT2D eigenvalue weighted by molar-refractivity contribution is -0.138. The van der Waals surface area contributed by atoms with Crippen molar-refractivity contribution in [3.63, 3.8) is 0 Å². The molecule has 0 radical (unpaired) electrons. The highest BCUT2D eigenvalue weighted by atomic mass is 16.5. The molecule has 0 spiro atoms. The number of carbonyl (C=O) groups excluding carboxylic acids is 2. The van der Waals surface area contributed by atoms with E-state index in [0.717, 1.165) is 28.1 Å². The molecule has 1 aliphatic carbocycles. The molecule has 0 saturated carbocycles. The van der Waals surface area contributed by atoms with Gasteiger partial charge in [0, 0.05) is 28.3 Å². The zero-order chi connectivity index (χ0) is 20.7. The minimum absolute atomic E-state index is 0.0594. The summed E-state index contributed by atoms with van der Waals surface area (Å²) in [6.45, 7) is 5.84. The molecule has 0 saturated heterocycles. The van der Waals surface area contributed by atoms with Crippen LogP contribution in [0.5, 0.6) is 5.75 Å². The standard InChI is InChI=1S/C24H23NO4/c1-5-29-24(27)19-14(3)25-22-16-8-6-7-9-17(16)23(26)21(22)20(19)15-10-11-18(28-4)13(2)12-15/h6-12,20,25H,5H2,1-4H3/t20-/m0/s1. The smallest absolute Gasteiger partial charge is 0.336 e. The molecule has 5 nitrogen and oxygen atoms in total.